The minimum atomic E-state index is 0.00236. The molecule has 1 aromatic heterocycles. The summed E-state index contributed by atoms with van der Waals surface area (Å²) in [6, 6.07) is 15.7. The van der Waals surface area contributed by atoms with Crippen molar-refractivity contribution in [2.45, 2.75) is 0 Å². The number of piperazine rings is 1. The molecule has 0 N–H and O–H groups in total. The highest BCUT2D eigenvalue weighted by Crippen LogP contribution is 2.23. The number of halogens is 1. The van der Waals surface area contributed by atoms with E-state index in [1.54, 1.807) is 4.68 Å². The van der Waals surface area contributed by atoms with Crippen LogP contribution < -0.4 is 4.90 Å². The van der Waals surface area contributed by atoms with E-state index in [9.17, 15) is 4.79 Å². The number of aromatic nitrogens is 2. The molecule has 1 aliphatic rings. The van der Waals surface area contributed by atoms with Crippen molar-refractivity contribution in [2.24, 2.45) is 7.05 Å². The van der Waals surface area contributed by atoms with E-state index >= 15 is 0 Å². The quantitative estimate of drug-likeness (QED) is 0.709. The van der Waals surface area contributed by atoms with Crippen LogP contribution in [0.1, 0.15) is 10.5 Å². The van der Waals surface area contributed by atoms with Crippen LogP contribution in [0, 0.1) is 0 Å². The summed E-state index contributed by atoms with van der Waals surface area (Å²) < 4.78 is 1.77. The third-order valence-corrected chi connectivity index (χ3v) is 4.94. The van der Waals surface area contributed by atoms with Crippen molar-refractivity contribution >= 4 is 34.1 Å². The monoisotopic (exact) mass is 354 g/mol. The van der Waals surface area contributed by atoms with Crippen molar-refractivity contribution in [1.29, 1.82) is 0 Å². The number of carbonyl (C=O) groups is 1. The first-order valence-electron chi connectivity index (χ1n) is 8.35. The Hall–Kier alpha value is -2.53. The Bertz CT molecular complexity index is 928. The van der Waals surface area contributed by atoms with Gasteiger partial charge in [0.1, 0.15) is 0 Å². The van der Waals surface area contributed by atoms with Crippen LogP contribution in [0.2, 0.25) is 5.02 Å². The number of rotatable bonds is 2. The largest absolute Gasteiger partial charge is 0.368 e. The summed E-state index contributed by atoms with van der Waals surface area (Å²) in [5, 5.41) is 6.09. The van der Waals surface area contributed by atoms with Crippen LogP contribution in [0.5, 0.6) is 0 Å². The van der Waals surface area contributed by atoms with Gasteiger partial charge in [-0.15, -0.1) is 0 Å². The van der Waals surface area contributed by atoms with E-state index in [2.05, 4.69) is 16.1 Å². The first-order chi connectivity index (χ1) is 12.1. The molecule has 2 aromatic carbocycles. The lowest BCUT2D eigenvalue weighted by Gasteiger charge is -2.36. The van der Waals surface area contributed by atoms with Crippen molar-refractivity contribution in [2.75, 3.05) is 31.1 Å². The van der Waals surface area contributed by atoms with Gasteiger partial charge in [0.25, 0.3) is 5.91 Å². The highest BCUT2D eigenvalue weighted by molar-refractivity contribution is 6.30. The summed E-state index contributed by atoms with van der Waals surface area (Å²) >= 11 is 6.08. The highest BCUT2D eigenvalue weighted by Gasteiger charge is 2.25. The number of nitrogens with zero attached hydrogens (tertiary/aromatic N) is 4. The molecule has 128 valence electrons. The Balaban J connectivity index is 1.51. The summed E-state index contributed by atoms with van der Waals surface area (Å²) in [5.41, 5.74) is 2.61. The Labute approximate surface area is 151 Å². The highest BCUT2D eigenvalue weighted by atomic mass is 35.5. The van der Waals surface area contributed by atoms with Gasteiger partial charge in [0.2, 0.25) is 0 Å². The van der Waals surface area contributed by atoms with E-state index in [1.165, 1.54) is 0 Å². The summed E-state index contributed by atoms with van der Waals surface area (Å²) in [6.07, 6.45) is 0. The molecular formula is C19H19ClN4O. The average Bonchev–Trinajstić information content (AvgIpc) is 2.98. The zero-order valence-electron chi connectivity index (χ0n) is 14.0. The Morgan fingerprint density at radius 2 is 1.80 bits per heavy atom. The molecule has 0 aliphatic carbocycles. The number of amides is 1. The van der Waals surface area contributed by atoms with E-state index in [0.29, 0.717) is 18.8 Å². The first-order valence-corrected chi connectivity index (χ1v) is 8.73. The van der Waals surface area contributed by atoms with E-state index in [4.69, 9.17) is 11.6 Å². The molecule has 5 nitrogen and oxygen atoms in total. The number of hydrogen-bond acceptors (Lipinski definition) is 3. The standard InChI is InChI=1S/C19H19ClN4O/c1-22-17-8-3-2-7-16(17)18(21-22)19(25)24-11-9-23(10-12-24)15-6-4-5-14(20)13-15/h2-8,13H,9-12H2,1H3. The zero-order valence-corrected chi connectivity index (χ0v) is 14.8. The smallest absolute Gasteiger partial charge is 0.275 e. The number of aryl methyl sites for hydroxylation is 1. The maximum atomic E-state index is 12.9. The number of fused-ring (bicyclic) bond motifs is 1. The normalized spacial score (nSPS) is 15.0. The summed E-state index contributed by atoms with van der Waals surface area (Å²) in [5.74, 6) is 0.00236. The average molecular weight is 355 g/mol. The van der Waals surface area contributed by atoms with Crippen molar-refractivity contribution in [1.82, 2.24) is 14.7 Å². The molecule has 4 rings (SSSR count). The van der Waals surface area contributed by atoms with Gasteiger partial charge in [-0.1, -0.05) is 35.9 Å². The fourth-order valence-electron chi connectivity index (χ4n) is 3.36. The van der Waals surface area contributed by atoms with E-state index in [-0.39, 0.29) is 5.91 Å². The van der Waals surface area contributed by atoms with Crippen LogP contribution >= 0.6 is 11.6 Å². The van der Waals surface area contributed by atoms with Crippen LogP contribution in [0.15, 0.2) is 48.5 Å². The molecule has 0 unspecified atom stereocenters. The van der Waals surface area contributed by atoms with Gasteiger partial charge in [-0.3, -0.25) is 9.48 Å². The summed E-state index contributed by atoms with van der Waals surface area (Å²) in [6.45, 7) is 2.93. The molecule has 1 saturated heterocycles. The van der Waals surface area contributed by atoms with Crippen LogP contribution in [0.4, 0.5) is 5.69 Å². The molecule has 6 heteroatoms. The minimum Gasteiger partial charge on any atom is -0.368 e. The Kier molecular flexibility index (Phi) is 4.09. The molecule has 3 aromatic rings. The molecule has 1 aliphatic heterocycles. The summed E-state index contributed by atoms with van der Waals surface area (Å²) in [7, 11) is 1.87. The first kappa shape index (κ1) is 16.0. The second kappa shape index (κ2) is 6.41. The second-order valence-electron chi connectivity index (χ2n) is 6.25. The molecular weight excluding hydrogens is 336 g/mol. The second-order valence-corrected chi connectivity index (χ2v) is 6.68. The molecule has 1 fully saturated rings. The SMILES string of the molecule is Cn1nc(C(=O)N2CCN(c3cccc(Cl)c3)CC2)c2ccccc21. The number of benzene rings is 2. The number of hydrogen-bond donors (Lipinski definition) is 0. The number of anilines is 1. The van der Waals surface area contributed by atoms with Crippen LogP contribution in [0.3, 0.4) is 0 Å². The molecule has 0 atom stereocenters. The van der Waals surface area contributed by atoms with Gasteiger partial charge >= 0.3 is 0 Å². The molecule has 0 saturated carbocycles. The molecule has 1 amide bonds. The molecule has 0 bridgehead atoms. The number of para-hydroxylation sites is 1. The Morgan fingerprint density at radius 1 is 1.04 bits per heavy atom. The minimum absolute atomic E-state index is 0.00236. The van der Waals surface area contributed by atoms with Crippen LogP contribution in [-0.4, -0.2) is 46.8 Å². The van der Waals surface area contributed by atoms with Crippen LogP contribution in [0.25, 0.3) is 10.9 Å². The molecule has 0 radical (unpaired) electrons. The lowest BCUT2D eigenvalue weighted by atomic mass is 10.1. The maximum absolute atomic E-state index is 12.9. The lowest BCUT2D eigenvalue weighted by molar-refractivity contribution is 0.0742. The predicted octanol–water partition coefficient (Wildman–Crippen LogP) is 3.19. The Morgan fingerprint density at radius 3 is 2.56 bits per heavy atom. The van der Waals surface area contributed by atoms with E-state index in [0.717, 1.165) is 34.7 Å². The van der Waals surface area contributed by atoms with Crippen molar-refractivity contribution in [3.8, 4) is 0 Å². The maximum Gasteiger partial charge on any atom is 0.275 e. The van der Waals surface area contributed by atoms with Gasteiger partial charge in [-0.2, -0.15) is 5.10 Å². The van der Waals surface area contributed by atoms with Gasteiger partial charge in [-0.05, 0) is 24.3 Å². The third-order valence-electron chi connectivity index (χ3n) is 4.70. The van der Waals surface area contributed by atoms with E-state index in [1.807, 2.05) is 54.4 Å². The van der Waals surface area contributed by atoms with Gasteiger partial charge in [-0.25, -0.2) is 0 Å². The zero-order chi connectivity index (χ0) is 17.4. The van der Waals surface area contributed by atoms with Gasteiger partial charge in [0, 0.05) is 49.3 Å². The summed E-state index contributed by atoms with van der Waals surface area (Å²) in [4.78, 5) is 17.1. The molecule has 0 spiro atoms. The lowest BCUT2D eigenvalue weighted by Crippen LogP contribution is -2.49. The molecule has 2 heterocycles. The third kappa shape index (κ3) is 2.96. The van der Waals surface area contributed by atoms with E-state index < -0.39 is 0 Å². The van der Waals surface area contributed by atoms with Gasteiger partial charge in [0.15, 0.2) is 5.69 Å². The predicted molar refractivity (Wildman–Crippen MR) is 100 cm³/mol. The fourth-order valence-corrected chi connectivity index (χ4v) is 3.55. The van der Waals surface area contributed by atoms with Gasteiger partial charge in [0.05, 0.1) is 5.52 Å². The van der Waals surface area contributed by atoms with Crippen molar-refractivity contribution in [3.05, 3.63) is 59.2 Å². The van der Waals surface area contributed by atoms with Crippen molar-refractivity contribution < 1.29 is 4.79 Å². The molecule has 25 heavy (non-hydrogen) atoms. The van der Waals surface area contributed by atoms with Crippen molar-refractivity contribution in [3.63, 3.8) is 0 Å². The number of carbonyl (C=O) groups excluding carboxylic acids is 1. The van der Waals surface area contributed by atoms with Gasteiger partial charge < -0.3 is 9.80 Å². The van der Waals surface area contributed by atoms with Crippen LogP contribution in [-0.2, 0) is 7.05 Å². The fraction of sp³-hybridized carbons (Fsp3) is 0.263. The topological polar surface area (TPSA) is 41.4 Å².